The molecule has 0 aromatic heterocycles. The number of aryl methyl sites for hydroxylation is 1. The smallest absolute Gasteiger partial charge is 0.192 e. The number of nitrogens with one attached hydrogen (secondary N) is 1. The van der Waals surface area contributed by atoms with Gasteiger partial charge in [-0.25, -0.2) is 0 Å². The molecule has 0 unspecified atom stereocenters. The van der Waals surface area contributed by atoms with Crippen molar-refractivity contribution < 1.29 is 4.79 Å². The minimum absolute atomic E-state index is 0.299. The first kappa shape index (κ1) is 13.6. The van der Waals surface area contributed by atoms with Gasteiger partial charge in [0.2, 0.25) is 0 Å². The Bertz CT molecular complexity index is 360. The predicted octanol–water partition coefficient (Wildman–Crippen LogP) is 2.88. The standard InChI is InChI=1S/C15H21NOS/c17-15(14-8-10-16-11-9-14)18-12-4-7-13-5-2-1-3-6-13/h1-3,5-6,14,16H,4,7-12H2. The van der Waals surface area contributed by atoms with E-state index >= 15 is 0 Å². The number of carbonyl (C=O) groups is 1. The fraction of sp³-hybridized carbons (Fsp3) is 0.533. The van der Waals surface area contributed by atoms with Gasteiger partial charge in [-0.15, -0.1) is 0 Å². The monoisotopic (exact) mass is 263 g/mol. The Hall–Kier alpha value is -0.800. The van der Waals surface area contributed by atoms with Crippen LogP contribution in [0.4, 0.5) is 0 Å². The van der Waals surface area contributed by atoms with Crippen LogP contribution in [-0.2, 0) is 11.2 Å². The van der Waals surface area contributed by atoms with Crippen molar-refractivity contribution in [2.45, 2.75) is 25.7 Å². The minimum atomic E-state index is 0.299. The molecule has 0 atom stereocenters. The maximum atomic E-state index is 11.9. The second-order valence-corrected chi connectivity index (χ2v) is 5.88. The highest BCUT2D eigenvalue weighted by atomic mass is 32.2. The number of carbonyl (C=O) groups excluding carboxylic acids is 1. The van der Waals surface area contributed by atoms with E-state index in [2.05, 4.69) is 29.6 Å². The Balaban J connectivity index is 1.61. The number of hydrogen-bond acceptors (Lipinski definition) is 3. The van der Waals surface area contributed by atoms with Gasteiger partial charge in [0.25, 0.3) is 0 Å². The molecule has 3 heteroatoms. The van der Waals surface area contributed by atoms with Crippen LogP contribution in [0.2, 0.25) is 0 Å². The molecule has 1 aromatic rings. The van der Waals surface area contributed by atoms with Crippen LogP contribution in [0.15, 0.2) is 30.3 Å². The second-order valence-electron chi connectivity index (χ2n) is 4.78. The molecule has 0 aliphatic carbocycles. The van der Waals surface area contributed by atoms with Crippen molar-refractivity contribution in [1.82, 2.24) is 5.32 Å². The van der Waals surface area contributed by atoms with Crippen molar-refractivity contribution in [3.05, 3.63) is 35.9 Å². The maximum absolute atomic E-state index is 11.9. The fourth-order valence-corrected chi connectivity index (χ4v) is 3.23. The lowest BCUT2D eigenvalue weighted by Gasteiger charge is -2.20. The zero-order chi connectivity index (χ0) is 12.6. The molecule has 98 valence electrons. The molecule has 1 heterocycles. The second kappa shape index (κ2) is 7.59. The summed E-state index contributed by atoms with van der Waals surface area (Å²) in [5, 5.41) is 3.70. The van der Waals surface area contributed by atoms with Crippen molar-refractivity contribution in [2.75, 3.05) is 18.8 Å². The average Bonchev–Trinajstić information content (AvgIpc) is 2.45. The van der Waals surface area contributed by atoms with E-state index in [-0.39, 0.29) is 0 Å². The molecule has 0 bridgehead atoms. The molecular formula is C15H21NOS. The number of benzene rings is 1. The van der Waals surface area contributed by atoms with Gasteiger partial charge >= 0.3 is 0 Å². The van der Waals surface area contributed by atoms with Gasteiger partial charge < -0.3 is 5.32 Å². The van der Waals surface area contributed by atoms with Crippen molar-refractivity contribution in [2.24, 2.45) is 5.92 Å². The Morgan fingerprint density at radius 2 is 1.94 bits per heavy atom. The van der Waals surface area contributed by atoms with Crippen LogP contribution >= 0.6 is 11.8 Å². The molecule has 1 aliphatic heterocycles. The van der Waals surface area contributed by atoms with E-state index in [9.17, 15) is 4.79 Å². The minimum Gasteiger partial charge on any atom is -0.317 e. The maximum Gasteiger partial charge on any atom is 0.192 e. The Labute approximate surface area is 114 Å². The summed E-state index contributed by atoms with van der Waals surface area (Å²) in [7, 11) is 0. The Morgan fingerprint density at radius 3 is 2.67 bits per heavy atom. The third kappa shape index (κ3) is 4.46. The molecule has 2 rings (SSSR count). The third-order valence-electron chi connectivity index (χ3n) is 3.37. The first-order valence-electron chi connectivity index (χ1n) is 6.77. The van der Waals surface area contributed by atoms with Gasteiger partial charge in [0.05, 0.1) is 0 Å². The van der Waals surface area contributed by atoms with Crippen molar-refractivity contribution >= 4 is 16.9 Å². The zero-order valence-corrected chi connectivity index (χ0v) is 11.5. The highest BCUT2D eigenvalue weighted by molar-refractivity contribution is 8.13. The largest absolute Gasteiger partial charge is 0.317 e. The third-order valence-corrected chi connectivity index (χ3v) is 4.48. The topological polar surface area (TPSA) is 29.1 Å². The highest BCUT2D eigenvalue weighted by Crippen LogP contribution is 2.20. The van der Waals surface area contributed by atoms with Gasteiger partial charge in [-0.2, -0.15) is 0 Å². The van der Waals surface area contributed by atoms with Gasteiger partial charge in [0, 0.05) is 11.7 Å². The normalized spacial score (nSPS) is 16.7. The van der Waals surface area contributed by atoms with Crippen LogP contribution in [0.3, 0.4) is 0 Å². The summed E-state index contributed by atoms with van der Waals surface area (Å²) in [6.07, 6.45) is 4.20. The lowest BCUT2D eigenvalue weighted by molar-refractivity contribution is -0.115. The van der Waals surface area contributed by atoms with Gasteiger partial charge in [-0.05, 0) is 44.3 Å². The lowest BCUT2D eigenvalue weighted by Crippen LogP contribution is -2.30. The molecule has 0 saturated carbocycles. The summed E-state index contributed by atoms with van der Waals surface area (Å²) in [4.78, 5) is 11.9. The summed E-state index contributed by atoms with van der Waals surface area (Å²) in [5.41, 5.74) is 1.37. The van der Waals surface area contributed by atoms with Crippen molar-refractivity contribution in [1.29, 1.82) is 0 Å². The molecule has 18 heavy (non-hydrogen) atoms. The molecule has 1 N–H and O–H groups in total. The van der Waals surface area contributed by atoms with Gasteiger partial charge in [-0.1, -0.05) is 42.1 Å². The number of rotatable bonds is 5. The molecule has 0 spiro atoms. The molecule has 1 aliphatic rings. The number of thioether (sulfide) groups is 1. The quantitative estimate of drug-likeness (QED) is 0.828. The van der Waals surface area contributed by atoms with Crippen LogP contribution in [0.25, 0.3) is 0 Å². The molecule has 1 fully saturated rings. The van der Waals surface area contributed by atoms with Gasteiger partial charge in [0.15, 0.2) is 5.12 Å². The van der Waals surface area contributed by atoms with Crippen LogP contribution in [-0.4, -0.2) is 24.0 Å². The van der Waals surface area contributed by atoms with Crippen LogP contribution < -0.4 is 5.32 Å². The van der Waals surface area contributed by atoms with E-state index in [0.717, 1.165) is 44.5 Å². The Morgan fingerprint density at radius 1 is 1.22 bits per heavy atom. The molecule has 0 amide bonds. The number of hydrogen-bond donors (Lipinski definition) is 1. The predicted molar refractivity (Wildman–Crippen MR) is 77.8 cm³/mol. The number of piperidine rings is 1. The van der Waals surface area contributed by atoms with E-state index in [1.165, 1.54) is 17.3 Å². The van der Waals surface area contributed by atoms with E-state index in [0.29, 0.717) is 11.0 Å². The van der Waals surface area contributed by atoms with E-state index in [1.807, 2.05) is 6.07 Å². The molecule has 2 nitrogen and oxygen atoms in total. The first-order chi connectivity index (χ1) is 8.86. The molecule has 1 saturated heterocycles. The Kier molecular flexibility index (Phi) is 5.75. The summed E-state index contributed by atoms with van der Waals surface area (Å²) in [6, 6.07) is 10.5. The van der Waals surface area contributed by atoms with E-state index in [4.69, 9.17) is 0 Å². The summed E-state index contributed by atoms with van der Waals surface area (Å²) >= 11 is 1.54. The molecule has 0 radical (unpaired) electrons. The summed E-state index contributed by atoms with van der Waals surface area (Å²) in [6.45, 7) is 2.00. The van der Waals surface area contributed by atoms with Gasteiger partial charge in [-0.3, -0.25) is 4.79 Å². The summed E-state index contributed by atoms with van der Waals surface area (Å²) in [5.74, 6) is 1.26. The average molecular weight is 263 g/mol. The summed E-state index contributed by atoms with van der Waals surface area (Å²) < 4.78 is 0. The lowest BCUT2D eigenvalue weighted by atomic mass is 10.0. The molecule has 1 aromatic carbocycles. The first-order valence-corrected chi connectivity index (χ1v) is 7.76. The van der Waals surface area contributed by atoms with E-state index < -0.39 is 0 Å². The zero-order valence-electron chi connectivity index (χ0n) is 10.7. The van der Waals surface area contributed by atoms with Crippen molar-refractivity contribution in [3.63, 3.8) is 0 Å². The SMILES string of the molecule is O=C(SCCCc1ccccc1)C1CCNCC1. The van der Waals surface area contributed by atoms with Crippen LogP contribution in [0, 0.1) is 5.92 Å². The highest BCUT2D eigenvalue weighted by Gasteiger charge is 2.20. The molecular weight excluding hydrogens is 242 g/mol. The van der Waals surface area contributed by atoms with Crippen LogP contribution in [0.5, 0.6) is 0 Å². The van der Waals surface area contributed by atoms with Crippen LogP contribution in [0.1, 0.15) is 24.8 Å². The fourth-order valence-electron chi connectivity index (χ4n) is 2.27. The van der Waals surface area contributed by atoms with Crippen molar-refractivity contribution in [3.8, 4) is 0 Å². The van der Waals surface area contributed by atoms with Gasteiger partial charge in [0.1, 0.15) is 0 Å². The van der Waals surface area contributed by atoms with E-state index in [1.54, 1.807) is 0 Å².